The van der Waals surface area contributed by atoms with Crippen molar-refractivity contribution >= 4 is 0 Å². The summed E-state index contributed by atoms with van der Waals surface area (Å²) in [6, 6.07) is 8.64. The molecule has 0 spiro atoms. The Hall–Kier alpha value is -1.94. The number of aryl methyl sites for hydroxylation is 1. The van der Waals surface area contributed by atoms with Crippen LogP contribution in [0.15, 0.2) is 42.7 Å². The molecule has 2 rings (SSSR count). The number of aromatic nitrogens is 1. The SMILES string of the molecule is C[C@@H](N)c1ccc(OCCCc2ccncc2)c(F)c1. The minimum atomic E-state index is -0.358. The van der Waals surface area contributed by atoms with Crippen molar-refractivity contribution in [3.8, 4) is 5.75 Å². The van der Waals surface area contributed by atoms with Gasteiger partial charge < -0.3 is 10.5 Å². The molecule has 0 saturated carbocycles. The molecule has 3 nitrogen and oxygen atoms in total. The Kier molecular flexibility index (Phi) is 5.07. The molecule has 1 heterocycles. The first-order valence-electron chi connectivity index (χ1n) is 6.73. The monoisotopic (exact) mass is 274 g/mol. The molecule has 1 aromatic carbocycles. The van der Waals surface area contributed by atoms with Gasteiger partial charge in [-0.15, -0.1) is 0 Å². The molecule has 0 bridgehead atoms. The molecule has 106 valence electrons. The van der Waals surface area contributed by atoms with Crippen LogP contribution >= 0.6 is 0 Å². The van der Waals surface area contributed by atoms with Crippen LogP contribution in [0.1, 0.15) is 30.5 Å². The zero-order valence-corrected chi connectivity index (χ0v) is 11.6. The smallest absolute Gasteiger partial charge is 0.165 e. The summed E-state index contributed by atoms with van der Waals surface area (Å²) in [5.41, 5.74) is 7.68. The van der Waals surface area contributed by atoms with E-state index >= 15 is 0 Å². The van der Waals surface area contributed by atoms with Crippen molar-refractivity contribution in [2.75, 3.05) is 6.61 Å². The predicted octanol–water partition coefficient (Wildman–Crippen LogP) is 3.25. The van der Waals surface area contributed by atoms with E-state index < -0.39 is 0 Å². The normalized spacial score (nSPS) is 12.2. The summed E-state index contributed by atoms with van der Waals surface area (Å²) in [7, 11) is 0. The molecular formula is C16H19FN2O. The summed E-state index contributed by atoms with van der Waals surface area (Å²) < 4.78 is 19.2. The van der Waals surface area contributed by atoms with E-state index in [4.69, 9.17) is 10.5 Å². The molecule has 0 aliphatic heterocycles. The van der Waals surface area contributed by atoms with Gasteiger partial charge in [-0.3, -0.25) is 4.98 Å². The second kappa shape index (κ2) is 7.01. The number of pyridine rings is 1. The lowest BCUT2D eigenvalue weighted by molar-refractivity contribution is 0.295. The van der Waals surface area contributed by atoms with Crippen molar-refractivity contribution in [2.45, 2.75) is 25.8 Å². The molecule has 1 atom stereocenters. The molecule has 0 amide bonds. The summed E-state index contributed by atoms with van der Waals surface area (Å²) in [4.78, 5) is 3.96. The van der Waals surface area contributed by atoms with Crippen LogP contribution in [0.25, 0.3) is 0 Å². The fourth-order valence-corrected chi connectivity index (χ4v) is 1.93. The molecule has 0 radical (unpaired) electrons. The topological polar surface area (TPSA) is 48.1 Å². The van der Waals surface area contributed by atoms with E-state index in [0.29, 0.717) is 6.61 Å². The van der Waals surface area contributed by atoms with Crippen LogP contribution in [0, 0.1) is 5.82 Å². The third-order valence-corrected chi connectivity index (χ3v) is 3.10. The fourth-order valence-electron chi connectivity index (χ4n) is 1.93. The quantitative estimate of drug-likeness (QED) is 0.823. The van der Waals surface area contributed by atoms with Gasteiger partial charge in [0.1, 0.15) is 0 Å². The summed E-state index contributed by atoms with van der Waals surface area (Å²) in [6.07, 6.45) is 5.26. The molecule has 0 saturated heterocycles. The Morgan fingerprint density at radius 1 is 1.25 bits per heavy atom. The van der Waals surface area contributed by atoms with Crippen LogP contribution in [0.2, 0.25) is 0 Å². The fraction of sp³-hybridized carbons (Fsp3) is 0.312. The highest BCUT2D eigenvalue weighted by Crippen LogP contribution is 2.21. The maximum Gasteiger partial charge on any atom is 0.165 e. The first-order chi connectivity index (χ1) is 9.66. The van der Waals surface area contributed by atoms with Gasteiger partial charge in [0.05, 0.1) is 6.61 Å². The van der Waals surface area contributed by atoms with E-state index in [2.05, 4.69) is 4.98 Å². The van der Waals surface area contributed by atoms with Gasteiger partial charge >= 0.3 is 0 Å². The number of ether oxygens (including phenoxy) is 1. The van der Waals surface area contributed by atoms with Crippen molar-refractivity contribution in [3.05, 3.63) is 59.7 Å². The molecule has 2 N–H and O–H groups in total. The zero-order chi connectivity index (χ0) is 14.4. The van der Waals surface area contributed by atoms with E-state index in [1.807, 2.05) is 19.1 Å². The first kappa shape index (κ1) is 14.5. The Balaban J connectivity index is 1.82. The van der Waals surface area contributed by atoms with Gasteiger partial charge in [-0.25, -0.2) is 4.39 Å². The Morgan fingerprint density at radius 2 is 2.00 bits per heavy atom. The highest BCUT2D eigenvalue weighted by molar-refractivity contribution is 5.30. The molecule has 0 aliphatic rings. The van der Waals surface area contributed by atoms with E-state index in [9.17, 15) is 4.39 Å². The van der Waals surface area contributed by atoms with Gasteiger partial charge in [-0.1, -0.05) is 6.07 Å². The molecule has 0 unspecified atom stereocenters. The van der Waals surface area contributed by atoms with Gasteiger partial charge in [0.25, 0.3) is 0 Å². The molecule has 0 fully saturated rings. The molecule has 4 heteroatoms. The van der Waals surface area contributed by atoms with E-state index in [1.165, 1.54) is 11.6 Å². The summed E-state index contributed by atoms with van der Waals surface area (Å²) >= 11 is 0. The third kappa shape index (κ3) is 4.03. The van der Waals surface area contributed by atoms with Crippen LogP contribution < -0.4 is 10.5 Å². The minimum absolute atomic E-state index is 0.176. The summed E-state index contributed by atoms with van der Waals surface area (Å²) in [6.45, 7) is 2.31. The van der Waals surface area contributed by atoms with Crippen LogP contribution in [-0.2, 0) is 6.42 Å². The lowest BCUT2D eigenvalue weighted by Gasteiger charge is -2.10. The van der Waals surface area contributed by atoms with Gasteiger partial charge in [0, 0.05) is 18.4 Å². The van der Waals surface area contributed by atoms with Crippen molar-refractivity contribution in [1.82, 2.24) is 4.98 Å². The first-order valence-corrected chi connectivity index (χ1v) is 6.73. The number of hydrogen-bond acceptors (Lipinski definition) is 3. The maximum atomic E-state index is 13.8. The molecule has 20 heavy (non-hydrogen) atoms. The second-order valence-electron chi connectivity index (χ2n) is 4.79. The zero-order valence-electron chi connectivity index (χ0n) is 11.6. The van der Waals surface area contributed by atoms with Gasteiger partial charge in [0.15, 0.2) is 11.6 Å². The van der Waals surface area contributed by atoms with Crippen molar-refractivity contribution in [3.63, 3.8) is 0 Å². The molecular weight excluding hydrogens is 255 g/mol. The van der Waals surface area contributed by atoms with Crippen LogP contribution in [0.3, 0.4) is 0 Å². The largest absolute Gasteiger partial charge is 0.491 e. The number of nitrogens with zero attached hydrogens (tertiary/aromatic N) is 1. The molecule has 2 aromatic rings. The number of halogens is 1. The summed E-state index contributed by atoms with van der Waals surface area (Å²) in [5.74, 6) is -0.0761. The van der Waals surface area contributed by atoms with E-state index in [0.717, 1.165) is 18.4 Å². The van der Waals surface area contributed by atoms with Crippen molar-refractivity contribution < 1.29 is 9.13 Å². The predicted molar refractivity (Wildman–Crippen MR) is 77.1 cm³/mol. The standard InChI is InChI=1S/C16H19FN2O/c1-12(18)14-4-5-16(15(17)11-14)20-10-2-3-13-6-8-19-9-7-13/h4-9,11-12H,2-3,10,18H2,1H3/t12-/m1/s1. The second-order valence-corrected chi connectivity index (χ2v) is 4.79. The number of benzene rings is 1. The molecule has 0 aliphatic carbocycles. The summed E-state index contributed by atoms with van der Waals surface area (Å²) in [5, 5.41) is 0. The lowest BCUT2D eigenvalue weighted by atomic mass is 10.1. The Bertz CT molecular complexity index is 543. The number of hydrogen-bond donors (Lipinski definition) is 1. The average Bonchev–Trinajstić information content (AvgIpc) is 2.46. The number of rotatable bonds is 6. The Labute approximate surface area is 118 Å². The number of nitrogens with two attached hydrogens (primary N) is 1. The van der Waals surface area contributed by atoms with Gasteiger partial charge in [0.2, 0.25) is 0 Å². The third-order valence-electron chi connectivity index (χ3n) is 3.10. The van der Waals surface area contributed by atoms with E-state index in [1.54, 1.807) is 24.5 Å². The maximum absolute atomic E-state index is 13.8. The minimum Gasteiger partial charge on any atom is -0.491 e. The highest BCUT2D eigenvalue weighted by atomic mass is 19.1. The lowest BCUT2D eigenvalue weighted by Crippen LogP contribution is -2.06. The van der Waals surface area contributed by atoms with E-state index in [-0.39, 0.29) is 17.6 Å². The average molecular weight is 274 g/mol. The van der Waals surface area contributed by atoms with Crippen LogP contribution in [0.4, 0.5) is 4.39 Å². The highest BCUT2D eigenvalue weighted by Gasteiger charge is 2.07. The molecule has 1 aromatic heterocycles. The van der Waals surface area contributed by atoms with Gasteiger partial charge in [-0.2, -0.15) is 0 Å². The van der Waals surface area contributed by atoms with Crippen LogP contribution in [-0.4, -0.2) is 11.6 Å². The Morgan fingerprint density at radius 3 is 2.65 bits per heavy atom. The van der Waals surface area contributed by atoms with Gasteiger partial charge in [-0.05, 0) is 55.2 Å². The van der Waals surface area contributed by atoms with Crippen molar-refractivity contribution in [2.24, 2.45) is 5.73 Å². The van der Waals surface area contributed by atoms with Crippen LogP contribution in [0.5, 0.6) is 5.75 Å². The van der Waals surface area contributed by atoms with Crippen molar-refractivity contribution in [1.29, 1.82) is 0 Å².